The highest BCUT2D eigenvalue weighted by molar-refractivity contribution is 5.78. The Morgan fingerprint density at radius 1 is 1.05 bits per heavy atom. The van der Waals surface area contributed by atoms with Gasteiger partial charge in [-0.05, 0) is 32.2 Å². The van der Waals surface area contributed by atoms with Crippen LogP contribution in [0.4, 0.5) is 4.39 Å². The number of aromatic nitrogens is 1. The molecule has 2 aromatic carbocycles. The number of fused-ring (bicyclic) bond motifs is 1. The van der Waals surface area contributed by atoms with Crippen molar-refractivity contribution in [2.75, 3.05) is 7.05 Å². The van der Waals surface area contributed by atoms with E-state index in [1.165, 1.54) is 6.07 Å². The number of pyridine rings is 1. The lowest BCUT2D eigenvalue weighted by atomic mass is 10.00. The van der Waals surface area contributed by atoms with Crippen LogP contribution < -0.4 is 5.32 Å². The summed E-state index contributed by atoms with van der Waals surface area (Å²) < 4.78 is 14.1. The maximum Gasteiger partial charge on any atom is 0.128 e. The number of aryl methyl sites for hydroxylation is 1. The zero-order chi connectivity index (χ0) is 14.8. The first-order valence-electron chi connectivity index (χ1n) is 6.98. The van der Waals surface area contributed by atoms with Crippen molar-refractivity contribution in [1.29, 1.82) is 0 Å². The van der Waals surface area contributed by atoms with E-state index in [0.717, 1.165) is 22.2 Å². The van der Waals surface area contributed by atoms with Crippen LogP contribution in [0.5, 0.6) is 0 Å². The minimum Gasteiger partial charge on any atom is -0.308 e. The molecule has 3 heteroatoms. The summed E-state index contributed by atoms with van der Waals surface area (Å²) >= 11 is 0. The van der Waals surface area contributed by atoms with Gasteiger partial charge in [-0.15, -0.1) is 0 Å². The average Bonchev–Trinajstić information content (AvgIpc) is 2.51. The molecule has 0 bridgehead atoms. The largest absolute Gasteiger partial charge is 0.308 e. The second kappa shape index (κ2) is 5.62. The van der Waals surface area contributed by atoms with Crippen molar-refractivity contribution in [2.45, 2.75) is 13.0 Å². The topological polar surface area (TPSA) is 24.9 Å². The van der Waals surface area contributed by atoms with Crippen LogP contribution in [0.15, 0.2) is 54.6 Å². The molecule has 1 unspecified atom stereocenters. The first kappa shape index (κ1) is 13.7. The molecule has 0 saturated carbocycles. The van der Waals surface area contributed by atoms with E-state index in [4.69, 9.17) is 0 Å². The predicted octanol–water partition coefficient (Wildman–Crippen LogP) is 3.99. The predicted molar refractivity (Wildman–Crippen MR) is 83.8 cm³/mol. The van der Waals surface area contributed by atoms with Crippen molar-refractivity contribution in [2.24, 2.45) is 0 Å². The van der Waals surface area contributed by atoms with Gasteiger partial charge < -0.3 is 5.32 Å². The molecule has 0 saturated heterocycles. The first-order valence-corrected chi connectivity index (χ1v) is 6.98. The summed E-state index contributed by atoms with van der Waals surface area (Å²) in [5.41, 5.74) is 3.40. The molecule has 0 fully saturated rings. The summed E-state index contributed by atoms with van der Waals surface area (Å²) in [7, 11) is 1.82. The third-order valence-corrected chi connectivity index (χ3v) is 3.67. The summed E-state index contributed by atoms with van der Waals surface area (Å²) in [6.07, 6.45) is 0. The van der Waals surface area contributed by atoms with E-state index in [-0.39, 0.29) is 11.9 Å². The van der Waals surface area contributed by atoms with E-state index < -0.39 is 0 Å². The molecule has 1 heterocycles. The lowest BCUT2D eigenvalue weighted by Gasteiger charge is -2.18. The Morgan fingerprint density at radius 3 is 2.67 bits per heavy atom. The molecule has 1 aromatic heterocycles. The molecule has 106 valence electrons. The molecule has 21 heavy (non-hydrogen) atoms. The Balaban J connectivity index is 2.11. The highest BCUT2D eigenvalue weighted by atomic mass is 19.1. The standard InChI is InChI=1S/C18H17FN2/c1-12-7-9-15(19)14(11-12)18(20-2)17-10-8-13-5-3-4-6-16(13)21-17/h3-11,18,20H,1-2H3. The maximum absolute atomic E-state index is 14.1. The fraction of sp³-hybridized carbons (Fsp3) is 0.167. The molecule has 1 atom stereocenters. The highest BCUT2D eigenvalue weighted by Gasteiger charge is 2.17. The van der Waals surface area contributed by atoms with E-state index in [9.17, 15) is 4.39 Å². The number of hydrogen-bond donors (Lipinski definition) is 1. The lowest BCUT2D eigenvalue weighted by molar-refractivity contribution is 0.570. The molecule has 0 spiro atoms. The van der Waals surface area contributed by atoms with Crippen molar-refractivity contribution in [3.8, 4) is 0 Å². The Hall–Kier alpha value is -2.26. The van der Waals surface area contributed by atoms with E-state index in [1.807, 2.05) is 56.4 Å². The molecular formula is C18H17FN2. The first-order chi connectivity index (χ1) is 10.2. The van der Waals surface area contributed by atoms with Gasteiger partial charge in [-0.1, -0.05) is 42.0 Å². The number of halogens is 1. The van der Waals surface area contributed by atoms with Crippen LogP contribution in [-0.2, 0) is 0 Å². The minimum absolute atomic E-state index is 0.213. The smallest absolute Gasteiger partial charge is 0.128 e. The Labute approximate surface area is 123 Å². The van der Waals surface area contributed by atoms with Crippen LogP contribution in [0.2, 0.25) is 0 Å². The normalized spacial score (nSPS) is 12.5. The molecular weight excluding hydrogens is 263 g/mol. The van der Waals surface area contributed by atoms with Gasteiger partial charge in [0, 0.05) is 10.9 Å². The fourth-order valence-electron chi connectivity index (χ4n) is 2.59. The van der Waals surface area contributed by atoms with Gasteiger partial charge in [0.1, 0.15) is 5.82 Å². The van der Waals surface area contributed by atoms with Crippen molar-refractivity contribution in [1.82, 2.24) is 10.3 Å². The van der Waals surface area contributed by atoms with Crippen LogP contribution >= 0.6 is 0 Å². The molecule has 0 aliphatic rings. The van der Waals surface area contributed by atoms with Gasteiger partial charge in [0.05, 0.1) is 17.3 Å². The van der Waals surface area contributed by atoms with Crippen molar-refractivity contribution in [3.63, 3.8) is 0 Å². The molecule has 0 radical (unpaired) electrons. The lowest BCUT2D eigenvalue weighted by Crippen LogP contribution is -2.20. The van der Waals surface area contributed by atoms with Gasteiger partial charge in [0.2, 0.25) is 0 Å². The zero-order valence-electron chi connectivity index (χ0n) is 12.1. The number of nitrogens with zero attached hydrogens (tertiary/aromatic N) is 1. The number of hydrogen-bond acceptors (Lipinski definition) is 2. The van der Waals surface area contributed by atoms with E-state index in [0.29, 0.717) is 5.56 Å². The minimum atomic E-state index is -0.255. The molecule has 0 aliphatic carbocycles. The van der Waals surface area contributed by atoms with E-state index in [2.05, 4.69) is 10.3 Å². The van der Waals surface area contributed by atoms with Crippen molar-refractivity contribution in [3.05, 3.63) is 77.2 Å². The van der Waals surface area contributed by atoms with Crippen LogP contribution in [0, 0.1) is 12.7 Å². The van der Waals surface area contributed by atoms with E-state index in [1.54, 1.807) is 6.07 Å². The van der Waals surface area contributed by atoms with Crippen molar-refractivity contribution < 1.29 is 4.39 Å². The van der Waals surface area contributed by atoms with Gasteiger partial charge in [0.25, 0.3) is 0 Å². The van der Waals surface area contributed by atoms with Gasteiger partial charge in [-0.3, -0.25) is 4.98 Å². The third kappa shape index (κ3) is 2.65. The quantitative estimate of drug-likeness (QED) is 0.784. The van der Waals surface area contributed by atoms with Gasteiger partial charge in [-0.25, -0.2) is 4.39 Å². The summed E-state index contributed by atoms with van der Waals surface area (Å²) in [5, 5.41) is 4.25. The summed E-state index contributed by atoms with van der Waals surface area (Å²) in [5.74, 6) is -0.213. The monoisotopic (exact) mass is 280 g/mol. The molecule has 2 nitrogen and oxygen atoms in total. The summed E-state index contributed by atoms with van der Waals surface area (Å²) in [6, 6.07) is 16.8. The summed E-state index contributed by atoms with van der Waals surface area (Å²) in [6.45, 7) is 1.96. The van der Waals surface area contributed by atoms with E-state index >= 15 is 0 Å². The number of nitrogens with one attached hydrogen (secondary N) is 1. The Morgan fingerprint density at radius 2 is 1.86 bits per heavy atom. The maximum atomic E-state index is 14.1. The highest BCUT2D eigenvalue weighted by Crippen LogP contribution is 2.25. The Kier molecular flexibility index (Phi) is 3.67. The van der Waals surface area contributed by atoms with Crippen LogP contribution in [0.25, 0.3) is 10.9 Å². The number of rotatable bonds is 3. The SMILES string of the molecule is CNC(c1ccc2ccccc2n1)c1cc(C)ccc1F. The summed E-state index contributed by atoms with van der Waals surface area (Å²) in [4.78, 5) is 4.66. The van der Waals surface area contributed by atoms with Gasteiger partial charge in [-0.2, -0.15) is 0 Å². The molecule has 3 rings (SSSR count). The molecule has 0 amide bonds. The Bertz CT molecular complexity index is 783. The molecule has 0 aliphatic heterocycles. The third-order valence-electron chi connectivity index (χ3n) is 3.67. The number of benzene rings is 2. The van der Waals surface area contributed by atoms with Crippen LogP contribution in [0.3, 0.4) is 0 Å². The molecule has 1 N–H and O–H groups in total. The fourth-order valence-corrected chi connectivity index (χ4v) is 2.59. The number of para-hydroxylation sites is 1. The second-order valence-corrected chi connectivity index (χ2v) is 5.18. The van der Waals surface area contributed by atoms with Crippen molar-refractivity contribution >= 4 is 10.9 Å². The molecule has 3 aromatic rings. The van der Waals surface area contributed by atoms with Gasteiger partial charge in [0.15, 0.2) is 0 Å². The van der Waals surface area contributed by atoms with Crippen LogP contribution in [-0.4, -0.2) is 12.0 Å². The van der Waals surface area contributed by atoms with Gasteiger partial charge >= 0.3 is 0 Å². The second-order valence-electron chi connectivity index (χ2n) is 5.18. The average molecular weight is 280 g/mol. The van der Waals surface area contributed by atoms with Crippen LogP contribution in [0.1, 0.15) is 22.9 Å². The zero-order valence-corrected chi connectivity index (χ0v) is 12.1.